The van der Waals surface area contributed by atoms with Crippen molar-refractivity contribution in [2.24, 2.45) is 20.0 Å². The van der Waals surface area contributed by atoms with Crippen LogP contribution in [-0.2, 0) is 40.5 Å². The van der Waals surface area contributed by atoms with Gasteiger partial charge >= 0.3 is 0 Å². The second kappa shape index (κ2) is 27.4. The first-order valence-corrected chi connectivity index (χ1v) is 24.4. The number of hydrogen-bond acceptors (Lipinski definition) is 12. The predicted molar refractivity (Wildman–Crippen MR) is 282 cm³/mol. The fourth-order valence-electron chi connectivity index (χ4n) is 7.44. The van der Waals surface area contributed by atoms with Gasteiger partial charge in [0.25, 0.3) is 40.5 Å². The van der Waals surface area contributed by atoms with Gasteiger partial charge in [0.2, 0.25) is 0 Å². The van der Waals surface area contributed by atoms with E-state index >= 15 is 0 Å². The van der Waals surface area contributed by atoms with E-state index in [9.17, 15) is 51.9 Å². The van der Waals surface area contributed by atoms with Crippen LogP contribution in [0.3, 0.4) is 0 Å². The van der Waals surface area contributed by atoms with Gasteiger partial charge in [-0.1, -0.05) is 48.5 Å². The number of hydrogen-bond donors (Lipinski definition) is 4. The van der Waals surface area contributed by atoms with Crippen molar-refractivity contribution in [1.29, 1.82) is 0 Å². The van der Waals surface area contributed by atoms with Crippen molar-refractivity contribution >= 4 is 85.6 Å². The van der Waals surface area contributed by atoms with E-state index in [1.165, 1.54) is 97.1 Å². The highest BCUT2D eigenvalue weighted by Crippen LogP contribution is 2.39. The van der Waals surface area contributed by atoms with Gasteiger partial charge in [0.1, 0.15) is 0 Å². The van der Waals surface area contributed by atoms with Crippen molar-refractivity contribution in [1.82, 2.24) is 0 Å². The number of rotatable bonds is 8. The van der Waals surface area contributed by atoms with Crippen molar-refractivity contribution in [3.63, 3.8) is 0 Å². The molecular weight excluding hydrogens is 1100 g/mol. The zero-order chi connectivity index (χ0) is 45.3. The molecular formula is C44H52N4O24S4. The third-order valence-electron chi connectivity index (χ3n) is 10.4. The molecule has 0 radical (unpaired) electrons. The molecule has 8 bridgehead atoms. The van der Waals surface area contributed by atoms with E-state index < -0.39 is 40.5 Å². The van der Waals surface area contributed by atoms with Crippen LogP contribution in [0, 0.1) is 0 Å². The molecule has 32 heteroatoms. The molecule has 0 aromatic heterocycles. The highest BCUT2D eigenvalue weighted by Gasteiger charge is 2.29. The second-order valence-electron chi connectivity index (χ2n) is 14.4. The molecule has 0 saturated carbocycles. The number of nitrogens with zero attached hydrogens (tertiary/aromatic N) is 4. The molecule has 0 amide bonds. The molecule has 5 aliphatic heterocycles. The van der Waals surface area contributed by atoms with Crippen LogP contribution in [-0.4, -0.2) is 140 Å². The number of aliphatic imine (C=N–C) groups is 4. The molecule has 9 rings (SSSR count). The minimum Gasteiger partial charge on any atom is -0.412 e. The van der Waals surface area contributed by atoms with Crippen molar-refractivity contribution < 1.29 is 118 Å². The fourth-order valence-corrected chi connectivity index (χ4v) is 9.36. The summed E-state index contributed by atoms with van der Waals surface area (Å²) in [4.78, 5) is 18.7. The first-order chi connectivity index (χ1) is 30.2. The van der Waals surface area contributed by atoms with Gasteiger partial charge in [-0.3, -0.25) is 18.2 Å². The van der Waals surface area contributed by atoms with Gasteiger partial charge in [0.15, 0.2) is 0 Å². The number of allylic oxidation sites excluding steroid dienone is 12. The van der Waals surface area contributed by atoms with E-state index in [1.54, 1.807) is 48.6 Å². The fraction of sp³-hybridized carbons (Fsp3) is 0. The number of benzene rings is 4. The molecule has 28 N–H and O–H groups in total. The summed E-state index contributed by atoms with van der Waals surface area (Å²) >= 11 is 0. The lowest BCUT2D eigenvalue weighted by molar-refractivity contribution is 0.481. The maximum absolute atomic E-state index is 12.0. The molecule has 0 unspecified atom stereocenters. The first-order valence-electron chi connectivity index (χ1n) is 18.6. The molecule has 4 aromatic carbocycles. The van der Waals surface area contributed by atoms with Crippen LogP contribution >= 0.6 is 0 Å². The Labute approximate surface area is 431 Å². The maximum atomic E-state index is 12.0. The average Bonchev–Trinajstić information content (AvgIpc) is 4.08. The van der Waals surface area contributed by atoms with Crippen LogP contribution in [0.4, 0.5) is 0 Å². The lowest BCUT2D eigenvalue weighted by Gasteiger charge is -2.13. The van der Waals surface area contributed by atoms with Crippen LogP contribution in [0.15, 0.2) is 208 Å². The lowest BCUT2D eigenvalue weighted by Crippen LogP contribution is -2.05. The summed E-state index contributed by atoms with van der Waals surface area (Å²) in [5.74, 6) is 0. The van der Waals surface area contributed by atoms with E-state index in [4.69, 9.17) is 20.0 Å². The monoisotopic (exact) mass is 1150 g/mol. The van der Waals surface area contributed by atoms with Gasteiger partial charge in [-0.05, 0) is 119 Å². The summed E-state index contributed by atoms with van der Waals surface area (Å²) in [6.45, 7) is 0. The van der Waals surface area contributed by atoms with Gasteiger partial charge in [0, 0.05) is 22.3 Å². The predicted octanol–water partition coefficient (Wildman–Crippen LogP) is -3.22. The molecule has 5 aliphatic rings. The summed E-state index contributed by atoms with van der Waals surface area (Å²) in [7, 11) is -18.2. The van der Waals surface area contributed by atoms with Gasteiger partial charge < -0.3 is 65.7 Å². The smallest absolute Gasteiger partial charge is 0.294 e. The van der Waals surface area contributed by atoms with Crippen LogP contribution in [0.2, 0.25) is 0 Å². The zero-order valence-electron chi connectivity index (χ0n) is 38.3. The molecule has 5 heterocycles. The third kappa shape index (κ3) is 14.5. The van der Waals surface area contributed by atoms with Gasteiger partial charge in [0.05, 0.1) is 65.2 Å². The highest BCUT2D eigenvalue weighted by atomic mass is 32.2. The first kappa shape index (κ1) is 75.2. The molecule has 416 valence electrons. The van der Waals surface area contributed by atoms with Crippen LogP contribution < -0.4 is 0 Å². The van der Waals surface area contributed by atoms with Crippen molar-refractivity contribution in [3.05, 3.63) is 191 Å². The van der Waals surface area contributed by atoms with E-state index in [1.807, 2.05) is 0 Å². The summed E-state index contributed by atoms with van der Waals surface area (Å²) < 4.78 is 135. The Bertz CT molecular complexity index is 3160. The highest BCUT2D eigenvalue weighted by molar-refractivity contribution is 7.86. The van der Waals surface area contributed by atoms with Gasteiger partial charge in [-0.25, -0.2) is 20.0 Å². The minimum absolute atomic E-state index is 0. The van der Waals surface area contributed by atoms with Crippen LogP contribution in [0.5, 0.6) is 0 Å². The normalized spacial score (nSPS) is 14.7. The topological polar surface area (TPSA) is 645 Å². The molecule has 0 saturated heterocycles. The SMILES string of the molecule is O.O.O.O.O.O.O.O.O.O.O.O.O=S(=O)(O)c1ccc(C2=C3C=CC(=N3)C(c3ccc(S(=O)(=O)O)cc3)=C3C=CC(=N3)C(c3ccc(S(=O)(=O)O)cc3)=C3C=CC(=N3)C(c3ccc(S(=O)(=O)O)cc3)=C3C=CC2=N3)cc1. The Morgan fingerprint density at radius 3 is 0.513 bits per heavy atom. The van der Waals surface area contributed by atoms with Crippen molar-refractivity contribution in [2.45, 2.75) is 19.6 Å². The molecule has 0 atom stereocenters. The third-order valence-corrected chi connectivity index (χ3v) is 13.8. The summed E-state index contributed by atoms with van der Waals surface area (Å²) in [5, 5.41) is 0. The Morgan fingerprint density at radius 2 is 0.382 bits per heavy atom. The van der Waals surface area contributed by atoms with Crippen molar-refractivity contribution in [3.8, 4) is 0 Å². The molecule has 0 aliphatic carbocycles. The van der Waals surface area contributed by atoms with E-state index in [0.29, 0.717) is 90.2 Å². The summed E-state index contributed by atoms with van der Waals surface area (Å²) in [5.41, 5.74) is 6.28. The van der Waals surface area contributed by atoms with Crippen molar-refractivity contribution in [2.75, 3.05) is 0 Å². The summed E-state index contributed by atoms with van der Waals surface area (Å²) in [6.07, 6.45) is 13.6. The second-order valence-corrected chi connectivity index (χ2v) is 20.0. The Morgan fingerprint density at radius 1 is 0.237 bits per heavy atom. The van der Waals surface area contributed by atoms with Crippen LogP contribution in [0.1, 0.15) is 22.3 Å². The summed E-state index contributed by atoms with van der Waals surface area (Å²) in [6, 6.07) is 21.6. The zero-order valence-corrected chi connectivity index (χ0v) is 41.6. The minimum atomic E-state index is -4.56. The Balaban J connectivity index is -0.00000216. The average molecular weight is 1150 g/mol. The lowest BCUT2D eigenvalue weighted by atomic mass is 9.98. The molecule has 0 spiro atoms. The van der Waals surface area contributed by atoms with Crippen LogP contribution in [0.25, 0.3) is 22.3 Å². The van der Waals surface area contributed by atoms with Gasteiger partial charge in [-0.15, -0.1) is 0 Å². The largest absolute Gasteiger partial charge is 0.412 e. The molecule has 76 heavy (non-hydrogen) atoms. The van der Waals surface area contributed by atoms with Gasteiger partial charge in [-0.2, -0.15) is 33.7 Å². The van der Waals surface area contributed by atoms with E-state index in [-0.39, 0.29) is 85.3 Å². The number of fused-ring (bicyclic) bond motifs is 4. The van der Waals surface area contributed by atoms with E-state index in [0.717, 1.165) is 0 Å². The standard InChI is InChI=1S/C44H28N4O12S4.12H2O/c49-61(50,51)29-9-1-25(2-10-29)41-33-17-19-35(45-33)42(26-3-11-30(12-4-26)62(52,53)54)37-21-23-39(47-37)44(28-7-15-32(16-8-28)64(58,59)60)40-24-22-38(48-40)43(36-20-18-34(41)46-36)27-5-13-31(14-6-27)63(55,56)57;;;;;;;;;;;;/h1-24H,(H,49,50,51)(H,52,53,54)(H,55,56,57)(H,58,59,60);12*1H2. The molecule has 28 nitrogen and oxygen atoms in total. The Kier molecular flexibility index (Phi) is 27.1. The Hall–Kier alpha value is -7.36. The quantitative estimate of drug-likeness (QED) is 0.127. The maximum Gasteiger partial charge on any atom is 0.294 e. The molecule has 0 fully saturated rings. The van der Waals surface area contributed by atoms with E-state index in [2.05, 4.69) is 0 Å². The molecule has 4 aromatic rings.